The molecule has 0 amide bonds. The highest BCUT2D eigenvalue weighted by Crippen LogP contribution is 2.29. The van der Waals surface area contributed by atoms with Crippen molar-refractivity contribution in [3.8, 4) is 16.8 Å². The molecule has 4 rings (SSSR count). The lowest BCUT2D eigenvalue weighted by Gasteiger charge is -2.19. The molecule has 0 aliphatic rings. The summed E-state index contributed by atoms with van der Waals surface area (Å²) < 4.78 is 2.18. The third-order valence-corrected chi connectivity index (χ3v) is 4.70. The molecule has 2 heteroatoms. The first kappa shape index (κ1) is 15.6. The van der Waals surface area contributed by atoms with E-state index < -0.39 is 0 Å². The molecule has 124 valence electrons. The maximum atomic E-state index is 4.22. The lowest BCUT2D eigenvalue weighted by Crippen LogP contribution is -2.10. The smallest absolute Gasteiger partial charge is 0.0639 e. The fourth-order valence-electron chi connectivity index (χ4n) is 3.21. The van der Waals surface area contributed by atoms with Gasteiger partial charge in [0.15, 0.2) is 0 Å². The molecule has 0 spiro atoms. The van der Waals surface area contributed by atoms with Crippen LogP contribution in [0.4, 0.5) is 0 Å². The lowest BCUT2D eigenvalue weighted by molar-refractivity contribution is 0.590. The van der Waals surface area contributed by atoms with Gasteiger partial charge >= 0.3 is 0 Å². The third-order valence-electron chi connectivity index (χ3n) is 4.70. The van der Waals surface area contributed by atoms with E-state index in [1.807, 2.05) is 12.3 Å². The standard InChI is InChI=1S/C23H22N2/c1-23(2,3)20-9-6-17(7-10-20)18-8-11-22-19(15-18)12-14-25(22)21-5-4-13-24-16-21/h4-16H,1-3H3. The van der Waals surface area contributed by atoms with Crippen molar-refractivity contribution in [3.05, 3.63) is 84.8 Å². The SMILES string of the molecule is CC(C)(C)c1ccc(-c2ccc3c(ccn3-c3cccnc3)c2)cc1. The number of pyridine rings is 1. The average molecular weight is 326 g/mol. The molecule has 2 heterocycles. The first-order valence-corrected chi connectivity index (χ1v) is 8.65. The third kappa shape index (κ3) is 2.96. The number of nitrogens with zero attached hydrogens (tertiary/aromatic N) is 2. The van der Waals surface area contributed by atoms with Gasteiger partial charge in [-0.2, -0.15) is 0 Å². The van der Waals surface area contributed by atoms with Crippen LogP contribution >= 0.6 is 0 Å². The van der Waals surface area contributed by atoms with Gasteiger partial charge in [-0.05, 0) is 52.4 Å². The summed E-state index contributed by atoms with van der Waals surface area (Å²) in [4.78, 5) is 4.22. The van der Waals surface area contributed by atoms with Crippen LogP contribution in [0.3, 0.4) is 0 Å². The molecule has 2 aromatic heterocycles. The maximum Gasteiger partial charge on any atom is 0.0639 e. The summed E-state index contributed by atoms with van der Waals surface area (Å²) in [6, 6.07) is 21.8. The summed E-state index contributed by atoms with van der Waals surface area (Å²) in [6.07, 6.45) is 5.79. The second kappa shape index (κ2) is 5.89. The average Bonchev–Trinajstić information content (AvgIpc) is 3.05. The number of aromatic nitrogens is 2. The van der Waals surface area contributed by atoms with E-state index in [9.17, 15) is 0 Å². The van der Waals surface area contributed by atoms with Crippen LogP contribution in [0.2, 0.25) is 0 Å². The Hall–Kier alpha value is -2.87. The first-order valence-electron chi connectivity index (χ1n) is 8.65. The highest BCUT2D eigenvalue weighted by atomic mass is 15.0. The zero-order valence-corrected chi connectivity index (χ0v) is 14.9. The van der Waals surface area contributed by atoms with Crippen LogP contribution < -0.4 is 0 Å². The van der Waals surface area contributed by atoms with Crippen molar-refractivity contribution in [3.63, 3.8) is 0 Å². The van der Waals surface area contributed by atoms with Crippen LogP contribution in [0.25, 0.3) is 27.7 Å². The summed E-state index contributed by atoms with van der Waals surface area (Å²) >= 11 is 0. The van der Waals surface area contributed by atoms with E-state index in [4.69, 9.17) is 0 Å². The molecule has 0 saturated heterocycles. The number of hydrogen-bond acceptors (Lipinski definition) is 1. The van der Waals surface area contributed by atoms with Crippen molar-refractivity contribution in [1.29, 1.82) is 0 Å². The number of benzene rings is 2. The Kier molecular flexibility index (Phi) is 3.69. The van der Waals surface area contributed by atoms with E-state index in [1.165, 1.54) is 27.6 Å². The van der Waals surface area contributed by atoms with Gasteiger partial charge in [0.05, 0.1) is 17.4 Å². The Balaban J connectivity index is 1.73. The minimum atomic E-state index is 0.184. The van der Waals surface area contributed by atoms with E-state index in [0.29, 0.717) is 0 Å². The Labute approximate surface area is 148 Å². The van der Waals surface area contributed by atoms with Crippen molar-refractivity contribution < 1.29 is 0 Å². The summed E-state index contributed by atoms with van der Waals surface area (Å²) in [7, 11) is 0. The van der Waals surface area contributed by atoms with Gasteiger partial charge in [-0.3, -0.25) is 4.98 Å². The van der Waals surface area contributed by atoms with Crippen LogP contribution in [0.5, 0.6) is 0 Å². The van der Waals surface area contributed by atoms with Crippen LogP contribution in [-0.4, -0.2) is 9.55 Å². The second-order valence-corrected chi connectivity index (χ2v) is 7.50. The highest BCUT2D eigenvalue weighted by Gasteiger charge is 2.13. The van der Waals surface area contributed by atoms with Crippen molar-refractivity contribution in [2.24, 2.45) is 0 Å². The summed E-state index contributed by atoms with van der Waals surface area (Å²) in [5.74, 6) is 0. The Morgan fingerprint density at radius 2 is 1.60 bits per heavy atom. The quantitative estimate of drug-likeness (QED) is 0.442. The van der Waals surface area contributed by atoms with Gasteiger partial charge in [0.2, 0.25) is 0 Å². The van der Waals surface area contributed by atoms with Gasteiger partial charge in [0.1, 0.15) is 0 Å². The summed E-state index contributed by atoms with van der Waals surface area (Å²) in [6.45, 7) is 6.74. The summed E-state index contributed by atoms with van der Waals surface area (Å²) in [5, 5.41) is 1.24. The van der Waals surface area contributed by atoms with Crippen molar-refractivity contribution in [2.75, 3.05) is 0 Å². The molecule has 0 fully saturated rings. The molecule has 4 aromatic rings. The van der Waals surface area contributed by atoms with Crippen LogP contribution in [-0.2, 0) is 5.41 Å². The number of hydrogen-bond donors (Lipinski definition) is 0. The van der Waals surface area contributed by atoms with Crippen LogP contribution in [0.15, 0.2) is 79.3 Å². The number of fused-ring (bicyclic) bond motifs is 1. The molecule has 0 unspecified atom stereocenters. The fourth-order valence-corrected chi connectivity index (χ4v) is 3.21. The van der Waals surface area contributed by atoms with E-state index in [1.54, 1.807) is 6.20 Å². The minimum absolute atomic E-state index is 0.184. The molecule has 0 atom stereocenters. The Morgan fingerprint density at radius 1 is 0.840 bits per heavy atom. The fraction of sp³-hybridized carbons (Fsp3) is 0.174. The molecular formula is C23H22N2. The van der Waals surface area contributed by atoms with Gasteiger partial charge in [0.25, 0.3) is 0 Å². The van der Waals surface area contributed by atoms with Gasteiger partial charge < -0.3 is 4.57 Å². The highest BCUT2D eigenvalue weighted by molar-refractivity contribution is 5.87. The van der Waals surface area contributed by atoms with Gasteiger partial charge in [-0.1, -0.05) is 51.1 Å². The predicted molar refractivity (Wildman–Crippen MR) is 105 cm³/mol. The molecule has 0 bridgehead atoms. The Morgan fingerprint density at radius 3 is 2.28 bits per heavy atom. The van der Waals surface area contributed by atoms with Crippen LogP contribution in [0, 0.1) is 0 Å². The molecule has 0 saturated carbocycles. The minimum Gasteiger partial charge on any atom is -0.315 e. The van der Waals surface area contributed by atoms with Crippen molar-refractivity contribution in [1.82, 2.24) is 9.55 Å². The van der Waals surface area contributed by atoms with E-state index in [-0.39, 0.29) is 5.41 Å². The molecule has 0 aliphatic heterocycles. The largest absolute Gasteiger partial charge is 0.315 e. The maximum absolute atomic E-state index is 4.22. The monoisotopic (exact) mass is 326 g/mol. The summed E-state index contributed by atoms with van der Waals surface area (Å²) in [5.41, 5.74) is 6.33. The topological polar surface area (TPSA) is 17.8 Å². The second-order valence-electron chi connectivity index (χ2n) is 7.50. The predicted octanol–water partition coefficient (Wildman–Crippen LogP) is 5.99. The number of rotatable bonds is 2. The zero-order valence-electron chi connectivity index (χ0n) is 14.9. The molecule has 0 radical (unpaired) electrons. The molecule has 25 heavy (non-hydrogen) atoms. The first-order chi connectivity index (χ1) is 12.0. The Bertz CT molecular complexity index is 1000. The van der Waals surface area contributed by atoms with E-state index >= 15 is 0 Å². The van der Waals surface area contributed by atoms with E-state index in [2.05, 4.69) is 91.1 Å². The van der Waals surface area contributed by atoms with Crippen LogP contribution in [0.1, 0.15) is 26.3 Å². The van der Waals surface area contributed by atoms with Gasteiger partial charge in [-0.15, -0.1) is 0 Å². The lowest BCUT2D eigenvalue weighted by atomic mass is 9.86. The zero-order chi connectivity index (χ0) is 17.4. The van der Waals surface area contributed by atoms with Crippen molar-refractivity contribution >= 4 is 10.9 Å². The normalized spacial score (nSPS) is 11.8. The molecule has 2 nitrogen and oxygen atoms in total. The van der Waals surface area contributed by atoms with E-state index in [0.717, 1.165) is 5.69 Å². The van der Waals surface area contributed by atoms with Gasteiger partial charge in [-0.25, -0.2) is 0 Å². The molecule has 0 aliphatic carbocycles. The molecule has 2 aromatic carbocycles. The molecule has 0 N–H and O–H groups in total. The molecular weight excluding hydrogens is 304 g/mol. The van der Waals surface area contributed by atoms with Crippen molar-refractivity contribution in [2.45, 2.75) is 26.2 Å². The van der Waals surface area contributed by atoms with Gasteiger partial charge in [0, 0.05) is 17.8 Å².